The lowest BCUT2D eigenvalue weighted by Gasteiger charge is -2.44. The zero-order valence-electron chi connectivity index (χ0n) is 20.4. The average Bonchev–Trinajstić information content (AvgIpc) is 2.89. The Balaban J connectivity index is 1.67. The maximum absolute atomic E-state index is 13.3. The summed E-state index contributed by atoms with van der Waals surface area (Å²) in [5.74, 6) is 0. The third-order valence-corrected chi connectivity index (χ3v) is 8.01. The molecule has 1 saturated heterocycles. The van der Waals surface area contributed by atoms with Gasteiger partial charge in [0.05, 0.1) is 19.3 Å². The average molecular weight is 569 g/mol. The molecule has 0 spiro atoms. The number of benzene rings is 3. The fourth-order valence-electron chi connectivity index (χ4n) is 3.93. The largest absolute Gasteiger partial charge is 0.523 e. The Kier molecular flexibility index (Phi) is 9.50. The molecule has 1 aliphatic rings. The predicted molar refractivity (Wildman–Crippen MR) is 137 cm³/mol. The van der Waals surface area contributed by atoms with Gasteiger partial charge in [0.25, 0.3) is 0 Å². The first-order valence-corrected chi connectivity index (χ1v) is 14.1. The third kappa shape index (κ3) is 7.37. The van der Waals surface area contributed by atoms with E-state index in [1.54, 1.807) is 24.3 Å². The van der Waals surface area contributed by atoms with Crippen LogP contribution in [-0.4, -0.2) is 43.8 Å². The molecule has 5 atom stereocenters. The summed E-state index contributed by atoms with van der Waals surface area (Å²) in [4.78, 5) is 0.835. The fourth-order valence-corrected chi connectivity index (χ4v) is 5.78. The normalized spacial score (nSPS) is 24.3. The van der Waals surface area contributed by atoms with Crippen LogP contribution < -0.4 is 0 Å². The molecule has 204 valence electrons. The summed E-state index contributed by atoms with van der Waals surface area (Å²) in [7, 11) is -5.94. The van der Waals surface area contributed by atoms with Gasteiger partial charge in [0.2, 0.25) is 0 Å². The van der Waals surface area contributed by atoms with Gasteiger partial charge in [-0.05, 0) is 30.2 Å². The van der Waals surface area contributed by atoms with Crippen LogP contribution in [0.5, 0.6) is 0 Å². The van der Waals surface area contributed by atoms with Gasteiger partial charge in [-0.2, -0.15) is 21.6 Å². The van der Waals surface area contributed by atoms with Gasteiger partial charge >= 0.3 is 15.6 Å². The quantitative estimate of drug-likeness (QED) is 0.222. The van der Waals surface area contributed by atoms with E-state index in [0.717, 1.165) is 16.0 Å². The monoisotopic (exact) mass is 568 g/mol. The molecule has 0 saturated carbocycles. The minimum Gasteiger partial charge on any atom is -0.368 e. The Morgan fingerprint density at radius 2 is 1.24 bits per heavy atom. The highest BCUT2D eigenvalue weighted by Gasteiger charge is 2.54. The molecule has 3 aromatic carbocycles. The molecule has 0 radical (unpaired) electrons. The lowest BCUT2D eigenvalue weighted by molar-refractivity contribution is -0.223. The summed E-state index contributed by atoms with van der Waals surface area (Å²) in [5.41, 5.74) is -4.77. The zero-order chi connectivity index (χ0) is 27.2. The molecule has 1 aliphatic heterocycles. The molecule has 6 nitrogen and oxygen atoms in total. The molecule has 4 rings (SSSR count). The van der Waals surface area contributed by atoms with E-state index in [2.05, 4.69) is 0 Å². The van der Waals surface area contributed by atoms with Gasteiger partial charge in [-0.1, -0.05) is 90.6 Å². The third-order valence-electron chi connectivity index (χ3n) is 5.81. The van der Waals surface area contributed by atoms with E-state index < -0.39 is 45.5 Å². The number of halogens is 3. The van der Waals surface area contributed by atoms with Crippen molar-refractivity contribution in [3.8, 4) is 0 Å². The van der Waals surface area contributed by atoms with Gasteiger partial charge in [-0.25, -0.2) is 0 Å². The zero-order valence-corrected chi connectivity index (χ0v) is 22.0. The van der Waals surface area contributed by atoms with Crippen molar-refractivity contribution in [1.82, 2.24) is 0 Å². The van der Waals surface area contributed by atoms with Gasteiger partial charge in [-0.15, -0.1) is 0 Å². The maximum Gasteiger partial charge on any atom is 0.523 e. The minimum absolute atomic E-state index is 0.00191. The van der Waals surface area contributed by atoms with Crippen LogP contribution in [0.25, 0.3) is 0 Å². The molecule has 38 heavy (non-hydrogen) atoms. The number of hydrogen-bond acceptors (Lipinski definition) is 7. The van der Waals surface area contributed by atoms with E-state index in [1.807, 2.05) is 66.7 Å². The highest BCUT2D eigenvalue weighted by Crippen LogP contribution is 2.39. The molecule has 0 aliphatic carbocycles. The van der Waals surface area contributed by atoms with Crippen LogP contribution in [0.4, 0.5) is 13.2 Å². The summed E-state index contributed by atoms with van der Waals surface area (Å²) in [6.07, 6.45) is -4.86. The lowest BCUT2D eigenvalue weighted by Crippen LogP contribution is -2.59. The number of thioether (sulfide) groups is 1. The highest BCUT2D eigenvalue weighted by molar-refractivity contribution is 7.99. The summed E-state index contributed by atoms with van der Waals surface area (Å²) >= 11 is 1.31. The minimum atomic E-state index is -5.94. The first-order valence-electron chi connectivity index (χ1n) is 11.8. The second-order valence-corrected chi connectivity index (χ2v) is 11.4. The topological polar surface area (TPSA) is 71.1 Å². The van der Waals surface area contributed by atoms with Gasteiger partial charge in [0.1, 0.15) is 23.7 Å². The number of alkyl halides is 3. The van der Waals surface area contributed by atoms with E-state index in [1.165, 1.54) is 18.7 Å². The summed E-state index contributed by atoms with van der Waals surface area (Å²) in [5, 5.41) is 0. The van der Waals surface area contributed by atoms with E-state index >= 15 is 0 Å². The molecule has 1 fully saturated rings. The fraction of sp³-hybridized carbons (Fsp3) is 0.333. The van der Waals surface area contributed by atoms with Gasteiger partial charge in [-0.3, -0.25) is 4.18 Å². The van der Waals surface area contributed by atoms with Gasteiger partial charge in [0, 0.05) is 4.90 Å². The summed E-state index contributed by atoms with van der Waals surface area (Å²) in [6.45, 7) is 1.55. The Morgan fingerprint density at radius 3 is 1.74 bits per heavy atom. The molecule has 0 unspecified atom stereocenters. The Hall–Kier alpha value is -2.41. The lowest BCUT2D eigenvalue weighted by atomic mass is 10.00. The van der Waals surface area contributed by atoms with Crippen molar-refractivity contribution in [2.75, 3.05) is 0 Å². The smallest absolute Gasteiger partial charge is 0.368 e. The van der Waals surface area contributed by atoms with Crippen molar-refractivity contribution in [2.24, 2.45) is 0 Å². The van der Waals surface area contributed by atoms with E-state index in [9.17, 15) is 21.6 Å². The van der Waals surface area contributed by atoms with Crippen molar-refractivity contribution in [1.29, 1.82) is 0 Å². The van der Waals surface area contributed by atoms with Crippen molar-refractivity contribution in [3.63, 3.8) is 0 Å². The van der Waals surface area contributed by atoms with Crippen molar-refractivity contribution >= 4 is 21.9 Å². The van der Waals surface area contributed by atoms with Crippen LogP contribution in [-0.2, 0) is 41.7 Å². The van der Waals surface area contributed by atoms with Gasteiger partial charge in [0.15, 0.2) is 0 Å². The molecule has 0 N–H and O–H groups in total. The Labute approximate surface area is 224 Å². The first kappa shape index (κ1) is 28.6. The molecule has 1 heterocycles. The second-order valence-electron chi connectivity index (χ2n) is 8.62. The van der Waals surface area contributed by atoms with Crippen molar-refractivity contribution < 1.29 is 40.0 Å². The summed E-state index contributed by atoms with van der Waals surface area (Å²) in [6, 6.07) is 27.5. The van der Waals surface area contributed by atoms with Crippen LogP contribution in [0.15, 0.2) is 95.9 Å². The van der Waals surface area contributed by atoms with Gasteiger partial charge < -0.3 is 14.2 Å². The molecule has 11 heteroatoms. The maximum atomic E-state index is 13.3. The Bertz CT molecular complexity index is 1240. The van der Waals surface area contributed by atoms with E-state index in [0.29, 0.717) is 0 Å². The van der Waals surface area contributed by atoms with Crippen molar-refractivity contribution in [3.05, 3.63) is 102 Å². The number of ether oxygens (including phenoxy) is 3. The predicted octanol–water partition coefficient (Wildman–Crippen LogP) is 5.93. The van der Waals surface area contributed by atoms with Crippen LogP contribution in [0, 0.1) is 0 Å². The number of hydrogen-bond donors (Lipinski definition) is 0. The van der Waals surface area contributed by atoms with Crippen LogP contribution in [0.1, 0.15) is 18.1 Å². The molecule has 0 amide bonds. The molecule has 3 aromatic rings. The number of rotatable bonds is 10. The van der Waals surface area contributed by atoms with E-state index in [-0.39, 0.29) is 13.2 Å². The SMILES string of the molecule is C[C@H]1O[C@@H](Sc2ccccc2)[C@H](OCc2ccccc2)[C@@H](OCc2ccccc2)[C@H]1OS(=O)(=O)C(F)(F)F. The Morgan fingerprint density at radius 1 is 0.763 bits per heavy atom. The standard InChI is InChI=1S/C27H27F3O6S2/c1-19-23(36-38(31,32)27(28,29)30)24(33-17-20-11-5-2-6-12-20)25(34-18-21-13-7-3-8-14-21)26(35-19)37-22-15-9-4-10-16-22/h2-16,19,23-26H,17-18H2,1H3/t19-,23+,24+,25-,26+/m1/s1. The molecule has 0 bridgehead atoms. The molecular weight excluding hydrogens is 541 g/mol. The molecule has 0 aromatic heterocycles. The van der Waals surface area contributed by atoms with E-state index in [4.69, 9.17) is 18.4 Å². The van der Waals surface area contributed by atoms with Crippen LogP contribution in [0.3, 0.4) is 0 Å². The van der Waals surface area contributed by atoms with Crippen LogP contribution >= 0.6 is 11.8 Å². The molecular formula is C27H27F3O6S2. The second kappa shape index (κ2) is 12.6. The summed E-state index contributed by atoms with van der Waals surface area (Å²) < 4.78 is 87.1. The first-order chi connectivity index (χ1) is 18.1. The van der Waals surface area contributed by atoms with Crippen molar-refractivity contribution in [2.45, 2.75) is 60.4 Å². The highest BCUT2D eigenvalue weighted by atomic mass is 32.2. The van der Waals surface area contributed by atoms with Crippen LogP contribution in [0.2, 0.25) is 0 Å².